The van der Waals surface area contributed by atoms with Crippen LogP contribution in [0.1, 0.15) is 32.6 Å². The van der Waals surface area contributed by atoms with Gasteiger partial charge in [-0.15, -0.1) is 0 Å². The molecule has 0 spiro atoms. The smallest absolute Gasteiger partial charge is 0.315 e. The van der Waals surface area contributed by atoms with E-state index in [1.54, 1.807) is 0 Å². The van der Waals surface area contributed by atoms with Crippen LogP contribution in [0.25, 0.3) is 0 Å². The average molecular weight is 213 g/mol. The summed E-state index contributed by atoms with van der Waals surface area (Å²) in [6.07, 6.45) is 3.57. The highest BCUT2D eigenvalue weighted by Gasteiger charge is 2.60. The first kappa shape index (κ1) is 10.9. The van der Waals surface area contributed by atoms with Crippen LogP contribution in [0.5, 0.6) is 0 Å². The van der Waals surface area contributed by atoms with Crippen molar-refractivity contribution in [2.24, 2.45) is 5.41 Å². The topological polar surface area (TPSA) is 58.6 Å². The van der Waals surface area contributed by atoms with Gasteiger partial charge in [0.1, 0.15) is 5.60 Å². The number of hydrogen-bond donors (Lipinski definition) is 2. The van der Waals surface area contributed by atoms with E-state index in [9.17, 15) is 9.90 Å². The summed E-state index contributed by atoms with van der Waals surface area (Å²) in [7, 11) is 0. The van der Waals surface area contributed by atoms with E-state index in [-0.39, 0.29) is 5.97 Å². The molecule has 4 nitrogen and oxygen atoms in total. The second-order valence-corrected chi connectivity index (χ2v) is 4.64. The van der Waals surface area contributed by atoms with Crippen LogP contribution in [-0.2, 0) is 9.53 Å². The number of hydrogen-bond acceptors (Lipinski definition) is 4. The molecular weight excluding hydrogens is 194 g/mol. The van der Waals surface area contributed by atoms with Gasteiger partial charge in [-0.1, -0.05) is 12.8 Å². The summed E-state index contributed by atoms with van der Waals surface area (Å²) < 4.78 is 5.12. The zero-order valence-corrected chi connectivity index (χ0v) is 9.21. The SMILES string of the molecule is CCOC(=O)C1(C2(O)CNC2)CCCC1. The Morgan fingerprint density at radius 3 is 2.40 bits per heavy atom. The number of esters is 1. The fourth-order valence-corrected chi connectivity index (χ4v) is 2.81. The van der Waals surface area contributed by atoms with Gasteiger partial charge in [0, 0.05) is 13.1 Å². The third-order valence-electron chi connectivity index (χ3n) is 3.85. The van der Waals surface area contributed by atoms with Crippen LogP contribution in [-0.4, -0.2) is 36.4 Å². The van der Waals surface area contributed by atoms with Crippen LogP contribution in [0.3, 0.4) is 0 Å². The Morgan fingerprint density at radius 2 is 2.00 bits per heavy atom. The Balaban J connectivity index is 2.20. The number of ether oxygens (including phenoxy) is 1. The highest BCUT2D eigenvalue weighted by Crippen LogP contribution is 2.49. The molecule has 1 aliphatic carbocycles. The van der Waals surface area contributed by atoms with Crippen molar-refractivity contribution >= 4 is 5.97 Å². The normalized spacial score (nSPS) is 27.1. The van der Waals surface area contributed by atoms with Crippen LogP contribution >= 0.6 is 0 Å². The quantitative estimate of drug-likeness (QED) is 0.668. The predicted octanol–water partition coefficient (Wildman–Crippen LogP) is 0.444. The molecule has 4 heteroatoms. The van der Waals surface area contributed by atoms with Crippen molar-refractivity contribution in [1.82, 2.24) is 5.32 Å². The number of carbonyl (C=O) groups excluding carboxylic acids is 1. The van der Waals surface area contributed by atoms with E-state index in [2.05, 4.69) is 5.32 Å². The lowest BCUT2D eigenvalue weighted by Crippen LogP contribution is -2.70. The molecule has 86 valence electrons. The van der Waals surface area contributed by atoms with Gasteiger partial charge in [0.15, 0.2) is 0 Å². The maximum Gasteiger partial charge on any atom is 0.315 e. The van der Waals surface area contributed by atoms with E-state index in [4.69, 9.17) is 4.74 Å². The number of aliphatic hydroxyl groups is 1. The number of rotatable bonds is 3. The van der Waals surface area contributed by atoms with Gasteiger partial charge in [-0.3, -0.25) is 4.79 Å². The number of carbonyl (C=O) groups is 1. The molecule has 1 heterocycles. The largest absolute Gasteiger partial charge is 0.465 e. The van der Waals surface area contributed by atoms with Crippen molar-refractivity contribution < 1.29 is 14.6 Å². The highest BCUT2D eigenvalue weighted by atomic mass is 16.5. The molecule has 2 rings (SSSR count). The minimum Gasteiger partial charge on any atom is -0.465 e. The van der Waals surface area contributed by atoms with Crippen molar-refractivity contribution in [1.29, 1.82) is 0 Å². The Hall–Kier alpha value is -0.610. The lowest BCUT2D eigenvalue weighted by Gasteiger charge is -2.49. The zero-order valence-electron chi connectivity index (χ0n) is 9.21. The van der Waals surface area contributed by atoms with Crippen molar-refractivity contribution in [3.63, 3.8) is 0 Å². The number of β-amino-alcohol motifs (C(OH)–C–C–N with tert-alkyl or cyclic N) is 1. The molecule has 0 radical (unpaired) electrons. The first-order valence-electron chi connectivity index (χ1n) is 5.75. The van der Waals surface area contributed by atoms with E-state index in [1.165, 1.54) is 0 Å². The molecule has 2 aliphatic rings. The fraction of sp³-hybridized carbons (Fsp3) is 0.909. The molecular formula is C11H19NO3. The van der Waals surface area contributed by atoms with Crippen LogP contribution in [0.4, 0.5) is 0 Å². The molecule has 1 aliphatic heterocycles. The fourth-order valence-electron chi connectivity index (χ4n) is 2.81. The van der Waals surface area contributed by atoms with E-state index in [0.29, 0.717) is 19.7 Å². The summed E-state index contributed by atoms with van der Waals surface area (Å²) in [6.45, 7) is 3.24. The Labute approximate surface area is 90.0 Å². The first-order chi connectivity index (χ1) is 7.15. The number of nitrogens with one attached hydrogen (secondary N) is 1. The lowest BCUT2D eigenvalue weighted by atomic mass is 9.67. The zero-order chi connectivity index (χ0) is 10.9. The summed E-state index contributed by atoms with van der Waals surface area (Å²) >= 11 is 0. The van der Waals surface area contributed by atoms with Gasteiger partial charge in [-0.05, 0) is 19.8 Å². The molecule has 1 saturated heterocycles. The van der Waals surface area contributed by atoms with Crippen molar-refractivity contribution in [2.75, 3.05) is 19.7 Å². The van der Waals surface area contributed by atoms with Gasteiger partial charge in [0.25, 0.3) is 0 Å². The molecule has 0 aromatic carbocycles. The summed E-state index contributed by atoms with van der Waals surface area (Å²) in [5, 5.41) is 13.4. The van der Waals surface area contributed by atoms with Crippen molar-refractivity contribution in [3.8, 4) is 0 Å². The summed E-state index contributed by atoms with van der Waals surface area (Å²) in [5.74, 6) is -0.202. The average Bonchev–Trinajstić information content (AvgIpc) is 2.64. The molecule has 0 amide bonds. The third-order valence-corrected chi connectivity index (χ3v) is 3.85. The second-order valence-electron chi connectivity index (χ2n) is 4.64. The summed E-state index contributed by atoms with van der Waals surface area (Å²) in [5.41, 5.74) is -1.50. The van der Waals surface area contributed by atoms with Gasteiger partial charge < -0.3 is 15.2 Å². The predicted molar refractivity (Wildman–Crippen MR) is 55.4 cm³/mol. The monoisotopic (exact) mass is 213 g/mol. The van der Waals surface area contributed by atoms with Gasteiger partial charge in [-0.25, -0.2) is 0 Å². The molecule has 0 aromatic heterocycles. The van der Waals surface area contributed by atoms with Crippen molar-refractivity contribution in [3.05, 3.63) is 0 Å². The van der Waals surface area contributed by atoms with E-state index < -0.39 is 11.0 Å². The van der Waals surface area contributed by atoms with Crippen LogP contribution in [0.15, 0.2) is 0 Å². The van der Waals surface area contributed by atoms with Gasteiger partial charge in [0.2, 0.25) is 0 Å². The minimum absolute atomic E-state index is 0.202. The van der Waals surface area contributed by atoms with E-state index in [1.807, 2.05) is 6.92 Å². The lowest BCUT2D eigenvalue weighted by molar-refractivity contribution is -0.182. The molecule has 0 unspecified atom stereocenters. The Kier molecular flexibility index (Phi) is 2.73. The molecule has 0 aromatic rings. The molecule has 15 heavy (non-hydrogen) atoms. The van der Waals surface area contributed by atoms with Crippen LogP contribution in [0.2, 0.25) is 0 Å². The Morgan fingerprint density at radius 1 is 1.40 bits per heavy atom. The maximum atomic E-state index is 12.0. The Bertz CT molecular complexity index is 255. The second kappa shape index (κ2) is 3.76. The minimum atomic E-state index is -0.865. The van der Waals surface area contributed by atoms with Crippen LogP contribution in [0, 0.1) is 5.41 Å². The van der Waals surface area contributed by atoms with Crippen molar-refractivity contribution in [2.45, 2.75) is 38.2 Å². The van der Waals surface area contributed by atoms with Gasteiger partial charge in [-0.2, -0.15) is 0 Å². The maximum absolute atomic E-state index is 12.0. The molecule has 2 fully saturated rings. The van der Waals surface area contributed by atoms with Gasteiger partial charge >= 0.3 is 5.97 Å². The van der Waals surface area contributed by atoms with E-state index in [0.717, 1.165) is 25.7 Å². The molecule has 1 saturated carbocycles. The molecule has 0 atom stereocenters. The van der Waals surface area contributed by atoms with Gasteiger partial charge in [0.05, 0.1) is 12.0 Å². The summed E-state index contributed by atoms with van der Waals surface area (Å²) in [6, 6.07) is 0. The van der Waals surface area contributed by atoms with E-state index >= 15 is 0 Å². The molecule has 2 N–H and O–H groups in total. The van der Waals surface area contributed by atoms with Crippen LogP contribution < -0.4 is 5.32 Å². The first-order valence-corrected chi connectivity index (χ1v) is 5.75. The molecule has 0 bridgehead atoms. The highest BCUT2D eigenvalue weighted by molar-refractivity contribution is 5.79. The third kappa shape index (κ3) is 1.47. The summed E-state index contributed by atoms with van der Waals surface area (Å²) in [4.78, 5) is 12.0. The standard InChI is InChI=1S/C11H19NO3/c1-2-15-9(13)10(5-3-4-6-10)11(14)7-12-8-11/h12,14H,2-8H2,1H3.